The van der Waals surface area contributed by atoms with E-state index in [0.29, 0.717) is 16.5 Å². The van der Waals surface area contributed by atoms with Gasteiger partial charge in [0.15, 0.2) is 17.5 Å². The zero-order valence-electron chi connectivity index (χ0n) is 17.9. The van der Waals surface area contributed by atoms with E-state index in [0.717, 1.165) is 11.3 Å². The van der Waals surface area contributed by atoms with Gasteiger partial charge in [-0.15, -0.1) is 34.6 Å². The highest BCUT2D eigenvalue weighted by Crippen LogP contribution is 2.41. The van der Waals surface area contributed by atoms with Crippen molar-refractivity contribution in [3.63, 3.8) is 0 Å². The highest BCUT2D eigenvalue weighted by Gasteiger charge is 2.54. The second-order valence-electron chi connectivity index (χ2n) is 6.98. The largest absolute Gasteiger partial charge is 0.477 e. The Kier molecular flexibility index (Phi) is 7.23. The van der Waals surface area contributed by atoms with E-state index in [-0.39, 0.29) is 34.6 Å². The molecule has 2 aromatic heterocycles. The van der Waals surface area contributed by atoms with Crippen LogP contribution < -0.4 is 11.1 Å². The van der Waals surface area contributed by atoms with E-state index < -0.39 is 29.2 Å². The summed E-state index contributed by atoms with van der Waals surface area (Å²) in [5.74, 6) is 0.326. The van der Waals surface area contributed by atoms with Crippen molar-refractivity contribution in [1.82, 2.24) is 35.4 Å². The molecular weight excluding hydrogens is 518 g/mol. The number of amides is 2. The summed E-state index contributed by atoms with van der Waals surface area (Å²) in [6, 6.07) is -0.965. The number of hydrogen-bond acceptors (Lipinski definition) is 13. The highest BCUT2D eigenvalue weighted by atomic mass is 32.2. The predicted molar refractivity (Wildman–Crippen MR) is 127 cm³/mol. The number of aromatic nitrogens is 5. The first-order chi connectivity index (χ1) is 16.8. The summed E-state index contributed by atoms with van der Waals surface area (Å²) in [5, 5.41) is 28.9. The van der Waals surface area contributed by atoms with Crippen LogP contribution in [0.3, 0.4) is 0 Å². The molecule has 1 unspecified atom stereocenters. The number of aliphatic carboxylic acids is 1. The van der Waals surface area contributed by atoms with Gasteiger partial charge in [0.25, 0.3) is 11.8 Å². The van der Waals surface area contributed by atoms with Crippen LogP contribution in [0, 0.1) is 12.3 Å². The molecule has 4 rings (SSSR count). The fourth-order valence-corrected chi connectivity index (χ4v) is 6.12. The summed E-state index contributed by atoms with van der Waals surface area (Å²) in [6.45, 7) is -0.178. The number of nitrogens with two attached hydrogens (primary N) is 1. The first kappa shape index (κ1) is 24.5. The second-order valence-corrected chi connectivity index (χ2v) is 9.92. The lowest BCUT2D eigenvalue weighted by atomic mass is 10.0. The lowest BCUT2D eigenvalue weighted by molar-refractivity contribution is -0.150. The van der Waals surface area contributed by atoms with E-state index in [2.05, 4.69) is 36.9 Å². The normalized spacial score (nSPS) is 19.6. The molecule has 1 fully saturated rings. The molecule has 35 heavy (non-hydrogen) atoms. The summed E-state index contributed by atoms with van der Waals surface area (Å²) >= 11 is 3.69. The van der Waals surface area contributed by atoms with Crippen molar-refractivity contribution in [1.29, 1.82) is 0 Å². The number of nitrogen functional groups attached to an aromatic ring is 1. The van der Waals surface area contributed by atoms with E-state index in [1.54, 1.807) is 7.05 Å². The van der Waals surface area contributed by atoms with Crippen molar-refractivity contribution in [3.05, 3.63) is 22.3 Å². The number of thioether (sulfide) groups is 2. The first-order valence-corrected chi connectivity index (χ1v) is 12.6. The maximum atomic E-state index is 12.9. The van der Waals surface area contributed by atoms with Crippen LogP contribution in [-0.2, 0) is 26.3 Å². The predicted octanol–water partition coefficient (Wildman–Crippen LogP) is -0.866. The second kappa shape index (κ2) is 10.3. The van der Waals surface area contributed by atoms with Gasteiger partial charge in [-0.25, -0.2) is 14.5 Å². The molecule has 4 heterocycles. The molecule has 182 valence electrons. The van der Waals surface area contributed by atoms with Gasteiger partial charge in [0.2, 0.25) is 5.16 Å². The smallest absolute Gasteiger partial charge is 0.352 e. The number of nitrogens with zero attached hydrogens (tertiary/aromatic N) is 7. The maximum absolute atomic E-state index is 12.9. The number of nitrogens with one attached hydrogen (secondary N) is 1. The third-order valence-electron chi connectivity index (χ3n) is 4.78. The minimum atomic E-state index is -1.23. The molecule has 1 saturated heterocycles. The number of fused-ring (bicyclic) bond motifs is 1. The fraction of sp³-hybridized carbons (Fsp3) is 0.333. The Morgan fingerprint density at radius 1 is 1.51 bits per heavy atom. The van der Waals surface area contributed by atoms with Gasteiger partial charge in [-0.05, 0) is 16.0 Å². The lowest BCUT2D eigenvalue weighted by Gasteiger charge is -2.49. The molecule has 0 saturated carbocycles. The number of terminal acetylenes is 1. The van der Waals surface area contributed by atoms with Crippen LogP contribution in [0.1, 0.15) is 5.69 Å². The average molecular weight is 536 g/mol. The minimum Gasteiger partial charge on any atom is -0.477 e. The molecule has 2 atom stereocenters. The monoisotopic (exact) mass is 535 g/mol. The molecule has 0 bridgehead atoms. The van der Waals surface area contributed by atoms with Crippen LogP contribution in [-0.4, -0.2) is 88.2 Å². The SMILES string of the molecule is C#CCON=C(C(=O)NC1C(=O)N2C(C(=O)O)=C(CSc3nnnn3C)CS[C@@H]12)c1csc(N)n1. The lowest BCUT2D eigenvalue weighted by Crippen LogP contribution is -2.71. The Balaban J connectivity index is 1.49. The Hall–Kier alpha value is -3.62. The molecule has 2 aliphatic rings. The Morgan fingerprint density at radius 3 is 2.94 bits per heavy atom. The van der Waals surface area contributed by atoms with Crippen LogP contribution in [0.4, 0.5) is 5.13 Å². The van der Waals surface area contributed by atoms with E-state index in [9.17, 15) is 19.5 Å². The fourth-order valence-electron chi connectivity index (χ4n) is 3.23. The average Bonchev–Trinajstić information content (AvgIpc) is 3.45. The first-order valence-electron chi connectivity index (χ1n) is 9.72. The molecular formula is C18H17N9O5S3. The molecule has 2 aromatic rings. The number of carboxylic acids is 1. The number of thiazole rings is 1. The van der Waals surface area contributed by atoms with Crippen LogP contribution in [0.25, 0.3) is 0 Å². The van der Waals surface area contributed by atoms with E-state index in [1.165, 1.54) is 38.5 Å². The summed E-state index contributed by atoms with van der Waals surface area (Å²) in [6.07, 6.45) is 5.15. The molecule has 0 aromatic carbocycles. The summed E-state index contributed by atoms with van der Waals surface area (Å²) in [5.41, 5.74) is 6.04. The van der Waals surface area contributed by atoms with Gasteiger partial charge >= 0.3 is 5.97 Å². The number of β-lactam (4-membered cyclic amide) rings is 1. The van der Waals surface area contributed by atoms with Crippen molar-refractivity contribution in [2.45, 2.75) is 16.6 Å². The Labute approximate surface area is 210 Å². The van der Waals surface area contributed by atoms with Crippen molar-refractivity contribution in [2.24, 2.45) is 12.2 Å². The standard InChI is InChI=1S/C18H17N9O5S3/c1-3-4-32-23-10(9-7-34-17(19)20-9)13(28)21-11-14(29)27-12(16(30)31)8(5-33-15(11)27)6-35-18-22-24-25-26(18)2/h1,7,11,15H,4-6H2,2H3,(H2,19,20)(H,21,28)(H,30,31)/t11?,15-/m0/s1. The number of carbonyl (C=O) groups is 3. The van der Waals surface area contributed by atoms with Crippen molar-refractivity contribution in [3.8, 4) is 12.3 Å². The topological polar surface area (TPSA) is 191 Å². The Bertz CT molecular complexity index is 1280. The maximum Gasteiger partial charge on any atom is 0.352 e. The van der Waals surface area contributed by atoms with Gasteiger partial charge in [-0.2, -0.15) is 0 Å². The number of carbonyl (C=O) groups excluding carboxylic acids is 2. The molecule has 2 aliphatic heterocycles. The zero-order valence-corrected chi connectivity index (χ0v) is 20.4. The van der Waals surface area contributed by atoms with Gasteiger partial charge in [0, 0.05) is 23.9 Å². The number of rotatable bonds is 9. The highest BCUT2D eigenvalue weighted by molar-refractivity contribution is 8.01. The summed E-state index contributed by atoms with van der Waals surface area (Å²) < 4.78 is 1.47. The van der Waals surface area contributed by atoms with Gasteiger partial charge in [-0.1, -0.05) is 22.8 Å². The zero-order chi connectivity index (χ0) is 25.1. The molecule has 0 aliphatic carbocycles. The Morgan fingerprint density at radius 2 is 2.31 bits per heavy atom. The molecule has 0 radical (unpaired) electrons. The third-order valence-corrected chi connectivity index (χ3v) is 7.89. The minimum absolute atomic E-state index is 0.106. The third kappa shape index (κ3) is 4.94. The number of oxime groups is 1. The number of anilines is 1. The number of tetrazole rings is 1. The van der Waals surface area contributed by atoms with Gasteiger partial charge in [0.05, 0.1) is 0 Å². The number of aryl methyl sites for hydroxylation is 1. The summed E-state index contributed by atoms with van der Waals surface area (Å²) in [7, 11) is 1.67. The van der Waals surface area contributed by atoms with Gasteiger partial charge in [-0.3, -0.25) is 14.5 Å². The molecule has 0 spiro atoms. The number of carboxylic acid groups (broad SMARTS) is 1. The molecule has 2 amide bonds. The van der Waals surface area contributed by atoms with Gasteiger partial charge in [0.1, 0.15) is 22.8 Å². The van der Waals surface area contributed by atoms with Crippen molar-refractivity contribution >= 4 is 63.5 Å². The van der Waals surface area contributed by atoms with Crippen LogP contribution >= 0.6 is 34.9 Å². The molecule has 17 heteroatoms. The van der Waals surface area contributed by atoms with Crippen molar-refractivity contribution < 1.29 is 24.3 Å². The van der Waals surface area contributed by atoms with Crippen molar-refractivity contribution in [2.75, 3.05) is 23.8 Å². The van der Waals surface area contributed by atoms with E-state index in [1.807, 2.05) is 0 Å². The van der Waals surface area contributed by atoms with E-state index in [4.69, 9.17) is 17.0 Å². The summed E-state index contributed by atoms with van der Waals surface area (Å²) in [4.78, 5) is 48.0. The quantitative estimate of drug-likeness (QED) is 0.0900. The van der Waals surface area contributed by atoms with E-state index >= 15 is 0 Å². The van der Waals surface area contributed by atoms with Crippen LogP contribution in [0.2, 0.25) is 0 Å². The van der Waals surface area contributed by atoms with Crippen LogP contribution in [0.15, 0.2) is 27.0 Å². The van der Waals surface area contributed by atoms with Crippen LogP contribution in [0.5, 0.6) is 0 Å². The number of hydrogen-bond donors (Lipinski definition) is 3. The molecule has 14 nitrogen and oxygen atoms in total. The molecule has 4 N–H and O–H groups in total. The van der Waals surface area contributed by atoms with Gasteiger partial charge < -0.3 is 21.0 Å².